The Labute approximate surface area is 175 Å². The van der Waals surface area contributed by atoms with E-state index in [1.165, 1.54) is 18.2 Å². The van der Waals surface area contributed by atoms with Crippen molar-refractivity contribution in [2.24, 2.45) is 0 Å². The number of aryl methyl sites for hydroxylation is 1. The Morgan fingerprint density at radius 3 is 2.37 bits per heavy atom. The maximum Gasteiger partial charge on any atom is 0.258 e. The molecule has 1 atom stereocenters. The van der Waals surface area contributed by atoms with Gasteiger partial charge in [0.1, 0.15) is 5.82 Å². The van der Waals surface area contributed by atoms with E-state index in [0.717, 1.165) is 11.3 Å². The lowest BCUT2D eigenvalue weighted by Gasteiger charge is -2.16. The fourth-order valence-electron chi connectivity index (χ4n) is 2.95. The summed E-state index contributed by atoms with van der Waals surface area (Å²) in [6, 6.07) is 20.6. The van der Waals surface area contributed by atoms with Crippen molar-refractivity contribution in [2.45, 2.75) is 19.9 Å². The number of hydrogen-bond donors (Lipinski definition) is 3. The Hall–Kier alpha value is -3.67. The summed E-state index contributed by atoms with van der Waals surface area (Å²) < 4.78 is 13.9. The minimum Gasteiger partial charge on any atom is -0.381 e. The molecule has 5 nitrogen and oxygen atoms in total. The Kier molecular flexibility index (Phi) is 6.80. The molecule has 0 fully saturated rings. The number of anilines is 2. The van der Waals surface area contributed by atoms with Crippen LogP contribution in [0.3, 0.4) is 0 Å². The van der Waals surface area contributed by atoms with E-state index in [0.29, 0.717) is 17.8 Å². The van der Waals surface area contributed by atoms with Gasteiger partial charge in [0, 0.05) is 29.5 Å². The number of carbonyl (C=O) groups excluding carboxylic acids is 2. The van der Waals surface area contributed by atoms with Crippen molar-refractivity contribution in [3.8, 4) is 0 Å². The zero-order valence-corrected chi connectivity index (χ0v) is 16.9. The first-order chi connectivity index (χ1) is 14.4. The average Bonchev–Trinajstić information content (AvgIpc) is 2.74. The minimum absolute atomic E-state index is 0.0297. The van der Waals surface area contributed by atoms with Crippen molar-refractivity contribution in [1.29, 1.82) is 0 Å². The van der Waals surface area contributed by atoms with Crippen LogP contribution in [0, 0.1) is 12.7 Å². The molecule has 3 aromatic carbocycles. The molecule has 2 amide bonds. The van der Waals surface area contributed by atoms with Gasteiger partial charge < -0.3 is 16.0 Å². The summed E-state index contributed by atoms with van der Waals surface area (Å²) in [6.07, 6.45) is 0. The van der Waals surface area contributed by atoms with E-state index in [1.807, 2.05) is 44.2 Å². The topological polar surface area (TPSA) is 70.2 Å². The van der Waals surface area contributed by atoms with Crippen LogP contribution < -0.4 is 16.0 Å². The second kappa shape index (κ2) is 9.69. The van der Waals surface area contributed by atoms with Gasteiger partial charge in [0.05, 0.1) is 5.56 Å². The van der Waals surface area contributed by atoms with E-state index in [1.54, 1.807) is 24.3 Å². The molecule has 0 saturated heterocycles. The van der Waals surface area contributed by atoms with Gasteiger partial charge in [0.25, 0.3) is 11.8 Å². The van der Waals surface area contributed by atoms with Crippen molar-refractivity contribution in [2.75, 3.05) is 17.2 Å². The third-order valence-electron chi connectivity index (χ3n) is 4.62. The fraction of sp³-hybridized carbons (Fsp3) is 0.167. The van der Waals surface area contributed by atoms with E-state index in [2.05, 4.69) is 16.0 Å². The molecule has 1 unspecified atom stereocenters. The first kappa shape index (κ1) is 21.0. The normalized spacial score (nSPS) is 11.4. The molecule has 0 aliphatic carbocycles. The Morgan fingerprint density at radius 2 is 1.63 bits per heavy atom. The molecule has 154 valence electrons. The van der Waals surface area contributed by atoms with Crippen molar-refractivity contribution >= 4 is 23.2 Å². The van der Waals surface area contributed by atoms with Crippen molar-refractivity contribution in [3.63, 3.8) is 0 Å². The number of rotatable bonds is 7. The van der Waals surface area contributed by atoms with Crippen LogP contribution in [-0.4, -0.2) is 24.4 Å². The summed E-state index contributed by atoms with van der Waals surface area (Å²) in [5.41, 5.74) is 2.58. The third-order valence-corrected chi connectivity index (χ3v) is 4.62. The molecule has 0 aromatic heterocycles. The van der Waals surface area contributed by atoms with Crippen LogP contribution in [0.5, 0.6) is 0 Å². The van der Waals surface area contributed by atoms with Crippen LogP contribution in [0.4, 0.5) is 15.8 Å². The van der Waals surface area contributed by atoms with Crippen LogP contribution in [0.25, 0.3) is 0 Å². The van der Waals surface area contributed by atoms with E-state index >= 15 is 0 Å². The average molecular weight is 405 g/mol. The summed E-state index contributed by atoms with van der Waals surface area (Å²) in [5, 5.41) is 8.89. The predicted octanol–water partition coefficient (Wildman–Crippen LogP) is 4.62. The molecular weight excluding hydrogens is 381 g/mol. The van der Waals surface area contributed by atoms with Gasteiger partial charge >= 0.3 is 0 Å². The van der Waals surface area contributed by atoms with Gasteiger partial charge in [-0.2, -0.15) is 0 Å². The molecule has 0 bridgehead atoms. The Bertz CT molecular complexity index is 1040. The smallest absolute Gasteiger partial charge is 0.258 e. The second-order valence-corrected chi connectivity index (χ2v) is 7.09. The van der Waals surface area contributed by atoms with Gasteiger partial charge in [-0.25, -0.2) is 4.39 Å². The first-order valence-corrected chi connectivity index (χ1v) is 9.70. The zero-order chi connectivity index (χ0) is 21.5. The van der Waals surface area contributed by atoms with Crippen LogP contribution in [0.15, 0.2) is 72.8 Å². The second-order valence-electron chi connectivity index (χ2n) is 7.09. The monoisotopic (exact) mass is 405 g/mol. The summed E-state index contributed by atoms with van der Waals surface area (Å²) >= 11 is 0. The number of para-hydroxylation sites is 1. The largest absolute Gasteiger partial charge is 0.381 e. The van der Waals surface area contributed by atoms with Crippen molar-refractivity contribution in [1.82, 2.24) is 5.32 Å². The SMILES string of the molecule is Cc1ccc(C(=O)NCC(C)Nc2ccccc2)cc1NC(=O)c1ccccc1F. The zero-order valence-electron chi connectivity index (χ0n) is 16.9. The van der Waals surface area contributed by atoms with Gasteiger partial charge in [0.15, 0.2) is 0 Å². The number of benzene rings is 3. The molecule has 3 aromatic rings. The van der Waals surface area contributed by atoms with Crippen LogP contribution in [0.1, 0.15) is 33.2 Å². The fourth-order valence-corrected chi connectivity index (χ4v) is 2.95. The number of carbonyl (C=O) groups is 2. The molecule has 0 spiro atoms. The lowest BCUT2D eigenvalue weighted by Crippen LogP contribution is -2.34. The van der Waals surface area contributed by atoms with Gasteiger partial charge in [-0.3, -0.25) is 9.59 Å². The van der Waals surface area contributed by atoms with E-state index < -0.39 is 11.7 Å². The molecule has 3 N–H and O–H groups in total. The summed E-state index contributed by atoms with van der Waals surface area (Å²) in [6.45, 7) is 4.21. The number of nitrogens with one attached hydrogen (secondary N) is 3. The standard InChI is InChI=1S/C24H24FN3O2/c1-16-12-13-18(14-22(16)28-24(30)20-10-6-7-11-21(20)25)23(29)26-15-17(2)27-19-8-4-3-5-9-19/h3-14,17,27H,15H2,1-2H3,(H,26,29)(H,28,30). The first-order valence-electron chi connectivity index (χ1n) is 9.70. The molecule has 3 rings (SSSR count). The number of hydrogen-bond acceptors (Lipinski definition) is 3. The Balaban J connectivity index is 1.63. The maximum absolute atomic E-state index is 13.9. The quantitative estimate of drug-likeness (QED) is 0.537. The highest BCUT2D eigenvalue weighted by Gasteiger charge is 2.14. The molecule has 0 aliphatic heterocycles. The molecule has 0 heterocycles. The molecule has 0 saturated carbocycles. The highest BCUT2D eigenvalue weighted by Crippen LogP contribution is 2.19. The third kappa shape index (κ3) is 5.44. The van der Waals surface area contributed by atoms with E-state index in [9.17, 15) is 14.0 Å². The maximum atomic E-state index is 13.9. The van der Waals surface area contributed by atoms with Gasteiger partial charge in [-0.05, 0) is 55.8 Å². The highest BCUT2D eigenvalue weighted by atomic mass is 19.1. The van der Waals surface area contributed by atoms with Gasteiger partial charge in [-0.1, -0.05) is 36.4 Å². The van der Waals surface area contributed by atoms with Crippen molar-refractivity contribution in [3.05, 3.63) is 95.3 Å². The van der Waals surface area contributed by atoms with E-state index in [4.69, 9.17) is 0 Å². The van der Waals surface area contributed by atoms with E-state index in [-0.39, 0.29) is 17.5 Å². The lowest BCUT2D eigenvalue weighted by atomic mass is 10.1. The number of amides is 2. The minimum atomic E-state index is -0.596. The Morgan fingerprint density at radius 1 is 0.933 bits per heavy atom. The van der Waals surface area contributed by atoms with Crippen LogP contribution in [-0.2, 0) is 0 Å². The van der Waals surface area contributed by atoms with Gasteiger partial charge in [0.2, 0.25) is 0 Å². The summed E-state index contributed by atoms with van der Waals surface area (Å²) in [7, 11) is 0. The van der Waals surface area contributed by atoms with Crippen LogP contribution in [0.2, 0.25) is 0 Å². The predicted molar refractivity (Wildman–Crippen MR) is 117 cm³/mol. The molecular formula is C24H24FN3O2. The molecule has 0 aliphatic rings. The molecule has 0 radical (unpaired) electrons. The van der Waals surface area contributed by atoms with Gasteiger partial charge in [-0.15, -0.1) is 0 Å². The molecule has 30 heavy (non-hydrogen) atoms. The number of halogens is 1. The molecule has 6 heteroatoms. The van der Waals surface area contributed by atoms with Crippen LogP contribution >= 0.6 is 0 Å². The highest BCUT2D eigenvalue weighted by molar-refractivity contribution is 6.05. The summed E-state index contributed by atoms with van der Waals surface area (Å²) in [4.78, 5) is 25.0. The lowest BCUT2D eigenvalue weighted by molar-refractivity contribution is 0.0951. The summed E-state index contributed by atoms with van der Waals surface area (Å²) in [5.74, 6) is -1.41. The van der Waals surface area contributed by atoms with Crippen molar-refractivity contribution < 1.29 is 14.0 Å².